The van der Waals surface area contributed by atoms with E-state index in [1.165, 1.54) is 18.1 Å². The van der Waals surface area contributed by atoms with Crippen LogP contribution in [0.2, 0.25) is 0 Å². The second-order valence-electron chi connectivity index (χ2n) is 7.06. The number of anilines is 3. The van der Waals surface area contributed by atoms with Gasteiger partial charge in [0.1, 0.15) is 5.82 Å². The van der Waals surface area contributed by atoms with Crippen LogP contribution in [-0.4, -0.2) is 28.2 Å². The molecule has 1 aromatic heterocycles. The Morgan fingerprint density at radius 3 is 2.59 bits per heavy atom. The van der Waals surface area contributed by atoms with Crippen molar-refractivity contribution in [1.29, 1.82) is 0 Å². The average Bonchev–Trinajstić information content (AvgIpc) is 2.73. The zero-order valence-corrected chi connectivity index (χ0v) is 16.2. The lowest BCUT2D eigenvalue weighted by Gasteiger charge is -2.29. The molecular weight excluding hydrogens is 364 g/mol. The first-order valence-corrected chi connectivity index (χ1v) is 9.55. The number of amides is 2. The van der Waals surface area contributed by atoms with Gasteiger partial charge in [-0.15, -0.1) is 0 Å². The van der Waals surface area contributed by atoms with Gasteiger partial charge in [-0.3, -0.25) is 9.59 Å². The number of nitrogens with zero attached hydrogens (tertiary/aromatic N) is 2. The molecular formula is C23H22N4O2. The third kappa shape index (κ3) is 4.43. The monoisotopic (exact) mass is 386 g/mol. The largest absolute Gasteiger partial charge is 0.340 e. The highest BCUT2D eigenvalue weighted by Gasteiger charge is 2.21. The van der Waals surface area contributed by atoms with E-state index in [1.54, 1.807) is 18.3 Å². The number of aromatic nitrogens is 1. The molecule has 146 valence electrons. The van der Waals surface area contributed by atoms with Gasteiger partial charge in [0.25, 0.3) is 5.91 Å². The zero-order chi connectivity index (χ0) is 20.2. The van der Waals surface area contributed by atoms with E-state index in [-0.39, 0.29) is 11.8 Å². The third-order valence-electron chi connectivity index (χ3n) is 4.88. The first-order valence-electron chi connectivity index (χ1n) is 9.55. The number of nitrogens with one attached hydrogen (secondary N) is 2. The molecule has 0 saturated heterocycles. The number of pyridine rings is 1. The van der Waals surface area contributed by atoms with E-state index >= 15 is 0 Å². The summed E-state index contributed by atoms with van der Waals surface area (Å²) in [6.45, 7) is 2.80. The molecule has 0 bridgehead atoms. The molecule has 3 aromatic rings. The number of fused-ring (bicyclic) bond motifs is 1. The van der Waals surface area contributed by atoms with E-state index in [9.17, 15) is 9.59 Å². The predicted molar refractivity (Wildman–Crippen MR) is 113 cm³/mol. The number of hydrogen-bond donors (Lipinski definition) is 2. The second-order valence-corrected chi connectivity index (χ2v) is 7.06. The first kappa shape index (κ1) is 18.7. The van der Waals surface area contributed by atoms with Crippen LogP contribution >= 0.6 is 0 Å². The summed E-state index contributed by atoms with van der Waals surface area (Å²) in [5, 5.41) is 5.95. The molecule has 2 heterocycles. The van der Waals surface area contributed by atoms with Crippen LogP contribution in [0.1, 0.15) is 28.4 Å². The molecule has 1 aliphatic rings. The molecule has 0 fully saturated rings. The number of carbonyl (C=O) groups is 2. The molecule has 6 heteroatoms. The fraction of sp³-hybridized carbons (Fsp3) is 0.174. The van der Waals surface area contributed by atoms with Crippen molar-refractivity contribution >= 4 is 29.0 Å². The highest BCUT2D eigenvalue weighted by atomic mass is 16.2. The van der Waals surface area contributed by atoms with Crippen molar-refractivity contribution in [3.8, 4) is 0 Å². The van der Waals surface area contributed by atoms with Crippen LogP contribution in [-0.2, 0) is 17.8 Å². The number of rotatable bonds is 4. The van der Waals surface area contributed by atoms with Crippen LogP contribution in [0.5, 0.6) is 0 Å². The fourth-order valence-electron chi connectivity index (χ4n) is 3.51. The summed E-state index contributed by atoms with van der Waals surface area (Å²) in [6.07, 6.45) is 2.50. The van der Waals surface area contributed by atoms with E-state index in [0.29, 0.717) is 30.2 Å². The molecule has 2 amide bonds. The van der Waals surface area contributed by atoms with Crippen molar-refractivity contribution in [2.45, 2.75) is 19.9 Å². The topological polar surface area (TPSA) is 74.3 Å². The van der Waals surface area contributed by atoms with Crippen LogP contribution in [0, 0.1) is 0 Å². The highest BCUT2D eigenvalue weighted by molar-refractivity contribution is 5.95. The van der Waals surface area contributed by atoms with Crippen molar-refractivity contribution in [1.82, 2.24) is 9.88 Å². The zero-order valence-electron chi connectivity index (χ0n) is 16.2. The number of benzene rings is 2. The van der Waals surface area contributed by atoms with E-state index in [0.717, 1.165) is 12.1 Å². The lowest BCUT2D eigenvalue weighted by atomic mass is 9.99. The van der Waals surface area contributed by atoms with Crippen molar-refractivity contribution in [2.24, 2.45) is 0 Å². The molecule has 0 unspecified atom stereocenters. The smallest absolute Gasteiger partial charge is 0.254 e. The maximum Gasteiger partial charge on any atom is 0.254 e. The van der Waals surface area contributed by atoms with Gasteiger partial charge in [0, 0.05) is 43.1 Å². The summed E-state index contributed by atoms with van der Waals surface area (Å²) in [4.78, 5) is 30.4. The van der Waals surface area contributed by atoms with Gasteiger partial charge in [-0.05, 0) is 47.9 Å². The van der Waals surface area contributed by atoms with Gasteiger partial charge in [0.15, 0.2) is 0 Å². The van der Waals surface area contributed by atoms with Gasteiger partial charge in [-0.1, -0.05) is 30.3 Å². The first-order chi connectivity index (χ1) is 14.1. The molecule has 2 N–H and O–H groups in total. The van der Waals surface area contributed by atoms with Gasteiger partial charge in [-0.25, -0.2) is 4.98 Å². The van der Waals surface area contributed by atoms with Gasteiger partial charge < -0.3 is 15.5 Å². The van der Waals surface area contributed by atoms with Gasteiger partial charge >= 0.3 is 0 Å². The van der Waals surface area contributed by atoms with Gasteiger partial charge in [0.2, 0.25) is 5.91 Å². The molecule has 0 atom stereocenters. The van der Waals surface area contributed by atoms with E-state index in [2.05, 4.69) is 27.8 Å². The molecule has 2 aromatic carbocycles. The van der Waals surface area contributed by atoms with E-state index < -0.39 is 0 Å². The molecule has 4 rings (SSSR count). The summed E-state index contributed by atoms with van der Waals surface area (Å²) in [5.74, 6) is 0.446. The van der Waals surface area contributed by atoms with Crippen molar-refractivity contribution < 1.29 is 9.59 Å². The summed E-state index contributed by atoms with van der Waals surface area (Å²) < 4.78 is 0. The Morgan fingerprint density at radius 1 is 0.966 bits per heavy atom. The third-order valence-corrected chi connectivity index (χ3v) is 4.88. The van der Waals surface area contributed by atoms with Crippen LogP contribution in [0.4, 0.5) is 17.2 Å². The summed E-state index contributed by atoms with van der Waals surface area (Å²) in [7, 11) is 0. The Bertz CT molecular complexity index is 1060. The van der Waals surface area contributed by atoms with E-state index in [1.807, 2.05) is 41.3 Å². The molecule has 0 saturated carbocycles. The van der Waals surface area contributed by atoms with Gasteiger partial charge in [0.05, 0.1) is 0 Å². The van der Waals surface area contributed by atoms with Crippen molar-refractivity contribution in [3.63, 3.8) is 0 Å². The number of carbonyl (C=O) groups excluding carboxylic acids is 2. The highest BCUT2D eigenvalue weighted by Crippen LogP contribution is 2.22. The maximum atomic E-state index is 13.0. The minimum Gasteiger partial charge on any atom is -0.340 e. The van der Waals surface area contributed by atoms with E-state index in [4.69, 9.17) is 0 Å². The number of hydrogen-bond acceptors (Lipinski definition) is 4. The quantitative estimate of drug-likeness (QED) is 0.711. The second kappa shape index (κ2) is 8.14. The van der Waals surface area contributed by atoms with Gasteiger partial charge in [-0.2, -0.15) is 0 Å². The Hall–Kier alpha value is -3.67. The summed E-state index contributed by atoms with van der Waals surface area (Å²) >= 11 is 0. The van der Waals surface area contributed by atoms with Crippen LogP contribution < -0.4 is 10.6 Å². The Labute approximate surface area is 169 Å². The minimum atomic E-state index is -0.129. The van der Waals surface area contributed by atoms with Crippen LogP contribution in [0.25, 0.3) is 0 Å². The molecule has 0 radical (unpaired) electrons. The Balaban J connectivity index is 1.49. The predicted octanol–water partition coefficient (Wildman–Crippen LogP) is 3.98. The van der Waals surface area contributed by atoms with Crippen LogP contribution in [0.15, 0.2) is 66.9 Å². The lowest BCUT2D eigenvalue weighted by molar-refractivity contribution is -0.114. The molecule has 29 heavy (non-hydrogen) atoms. The standard InChI is InChI=1S/C23H22N4O2/c1-16(28)25-20-7-4-8-21(14-20)26-22-13-18(9-11-24-22)23(29)27-12-10-17-5-2-3-6-19(17)15-27/h2-9,11,13-14H,10,12,15H2,1H3,(H,24,26)(H,25,28). The molecule has 0 aliphatic carbocycles. The Kier molecular flexibility index (Phi) is 5.24. The normalized spacial score (nSPS) is 12.8. The SMILES string of the molecule is CC(=O)Nc1cccc(Nc2cc(C(=O)N3CCc4ccccc4C3)ccn2)c1. The fourth-order valence-corrected chi connectivity index (χ4v) is 3.51. The lowest BCUT2D eigenvalue weighted by Crippen LogP contribution is -2.35. The Morgan fingerprint density at radius 2 is 1.76 bits per heavy atom. The maximum absolute atomic E-state index is 13.0. The molecule has 1 aliphatic heterocycles. The minimum absolute atomic E-state index is 0.00282. The molecule has 0 spiro atoms. The van der Waals surface area contributed by atoms with Crippen LogP contribution in [0.3, 0.4) is 0 Å². The van der Waals surface area contributed by atoms with Crippen molar-refractivity contribution in [3.05, 3.63) is 83.6 Å². The summed E-state index contributed by atoms with van der Waals surface area (Å²) in [6, 6.07) is 19.1. The summed E-state index contributed by atoms with van der Waals surface area (Å²) in [5.41, 5.74) is 4.59. The molecule has 6 nitrogen and oxygen atoms in total. The van der Waals surface area contributed by atoms with Crippen molar-refractivity contribution in [2.75, 3.05) is 17.2 Å². The average molecular weight is 386 g/mol.